The second kappa shape index (κ2) is 8.73. The molecule has 0 heterocycles. The van der Waals surface area contributed by atoms with Crippen molar-refractivity contribution in [3.05, 3.63) is 59.2 Å². The number of carbonyl (C=O) groups is 2. The molecule has 0 saturated heterocycles. The Morgan fingerprint density at radius 2 is 1.68 bits per heavy atom. The van der Waals surface area contributed by atoms with Crippen LogP contribution in [0, 0.1) is 13.8 Å². The molecule has 0 spiro atoms. The fraction of sp³-hybridized carbons (Fsp3) is 0.263. The predicted molar refractivity (Wildman–Crippen MR) is 94.6 cm³/mol. The van der Waals surface area contributed by atoms with Crippen LogP contribution >= 0.6 is 0 Å². The summed E-state index contributed by atoms with van der Waals surface area (Å²) >= 11 is 0. The molecule has 132 valence electrons. The lowest BCUT2D eigenvalue weighted by Gasteiger charge is -2.11. The minimum atomic E-state index is -0.444. The first-order valence-electron chi connectivity index (χ1n) is 8.02. The van der Waals surface area contributed by atoms with Gasteiger partial charge in [-0.25, -0.2) is 0 Å². The van der Waals surface area contributed by atoms with E-state index in [0.717, 1.165) is 11.1 Å². The summed E-state index contributed by atoms with van der Waals surface area (Å²) in [5, 5.41) is 0. The summed E-state index contributed by atoms with van der Waals surface area (Å²) < 4.78 is 10.8. The number of hydrazine groups is 1. The van der Waals surface area contributed by atoms with Gasteiger partial charge in [-0.1, -0.05) is 12.1 Å². The zero-order valence-electron chi connectivity index (χ0n) is 14.6. The molecule has 0 aliphatic carbocycles. The van der Waals surface area contributed by atoms with E-state index in [1.165, 1.54) is 0 Å². The molecule has 0 radical (unpaired) electrons. The first-order valence-corrected chi connectivity index (χ1v) is 8.02. The SMILES string of the molecule is CCOc1ccc(C(=O)NNC(=O)COc2cccc(C)c2C)cc1. The molecular weight excluding hydrogens is 320 g/mol. The van der Waals surface area contributed by atoms with Gasteiger partial charge in [-0.05, 0) is 62.2 Å². The Morgan fingerprint density at radius 3 is 2.36 bits per heavy atom. The van der Waals surface area contributed by atoms with Crippen molar-refractivity contribution in [1.29, 1.82) is 0 Å². The van der Waals surface area contributed by atoms with E-state index in [2.05, 4.69) is 10.9 Å². The fourth-order valence-electron chi connectivity index (χ4n) is 2.13. The van der Waals surface area contributed by atoms with Gasteiger partial charge < -0.3 is 9.47 Å². The van der Waals surface area contributed by atoms with Gasteiger partial charge >= 0.3 is 0 Å². The predicted octanol–water partition coefficient (Wildman–Crippen LogP) is 2.54. The molecule has 2 N–H and O–H groups in total. The van der Waals surface area contributed by atoms with Crippen LogP contribution < -0.4 is 20.3 Å². The molecule has 0 aliphatic rings. The molecule has 2 aromatic rings. The number of hydrogen-bond donors (Lipinski definition) is 2. The number of hydrogen-bond acceptors (Lipinski definition) is 4. The largest absolute Gasteiger partial charge is 0.494 e. The smallest absolute Gasteiger partial charge is 0.276 e. The van der Waals surface area contributed by atoms with Crippen LogP contribution in [-0.4, -0.2) is 25.0 Å². The van der Waals surface area contributed by atoms with Crippen LogP contribution in [0.15, 0.2) is 42.5 Å². The summed E-state index contributed by atoms with van der Waals surface area (Å²) in [6.45, 7) is 6.15. The van der Waals surface area contributed by atoms with Crippen molar-refractivity contribution in [3.63, 3.8) is 0 Å². The monoisotopic (exact) mass is 342 g/mol. The van der Waals surface area contributed by atoms with E-state index in [-0.39, 0.29) is 6.61 Å². The van der Waals surface area contributed by atoms with Gasteiger partial charge in [0.2, 0.25) is 0 Å². The minimum Gasteiger partial charge on any atom is -0.494 e. The maximum absolute atomic E-state index is 12.0. The highest BCUT2D eigenvalue weighted by Crippen LogP contribution is 2.20. The standard InChI is InChI=1S/C19H22N2O4/c1-4-24-16-10-8-15(9-11-16)19(23)21-20-18(22)12-25-17-7-5-6-13(2)14(17)3/h5-11H,4,12H2,1-3H3,(H,20,22)(H,21,23). The first kappa shape index (κ1) is 18.3. The Bertz CT molecular complexity index is 742. The van der Waals surface area contributed by atoms with Gasteiger partial charge in [-0.3, -0.25) is 20.4 Å². The van der Waals surface area contributed by atoms with Crippen LogP contribution in [0.5, 0.6) is 11.5 Å². The number of carbonyl (C=O) groups excluding carboxylic acids is 2. The maximum Gasteiger partial charge on any atom is 0.276 e. The van der Waals surface area contributed by atoms with Crippen molar-refractivity contribution >= 4 is 11.8 Å². The summed E-state index contributed by atoms with van der Waals surface area (Å²) in [5.41, 5.74) is 7.16. The highest BCUT2D eigenvalue weighted by atomic mass is 16.5. The fourth-order valence-corrected chi connectivity index (χ4v) is 2.13. The Balaban J connectivity index is 1.81. The molecule has 0 bridgehead atoms. The molecule has 0 fully saturated rings. The van der Waals surface area contributed by atoms with Crippen LogP contribution in [0.25, 0.3) is 0 Å². The molecule has 2 rings (SSSR count). The van der Waals surface area contributed by atoms with Crippen molar-refractivity contribution in [1.82, 2.24) is 10.9 Å². The number of benzene rings is 2. The molecule has 0 aliphatic heterocycles. The number of ether oxygens (including phenoxy) is 2. The molecule has 2 aromatic carbocycles. The van der Waals surface area contributed by atoms with E-state index in [9.17, 15) is 9.59 Å². The van der Waals surface area contributed by atoms with Crippen LogP contribution in [0.3, 0.4) is 0 Å². The summed E-state index contributed by atoms with van der Waals surface area (Å²) in [6.07, 6.45) is 0. The molecule has 0 aromatic heterocycles. The molecule has 6 nitrogen and oxygen atoms in total. The Labute approximate surface area is 147 Å². The lowest BCUT2D eigenvalue weighted by Crippen LogP contribution is -2.43. The van der Waals surface area contributed by atoms with Gasteiger partial charge in [0.25, 0.3) is 11.8 Å². The van der Waals surface area contributed by atoms with Crippen molar-refractivity contribution in [3.8, 4) is 11.5 Å². The van der Waals surface area contributed by atoms with Gasteiger partial charge in [-0.15, -0.1) is 0 Å². The van der Waals surface area contributed by atoms with Crippen LogP contribution in [0.2, 0.25) is 0 Å². The first-order chi connectivity index (χ1) is 12.0. The average molecular weight is 342 g/mol. The van der Waals surface area contributed by atoms with Gasteiger partial charge in [0.05, 0.1) is 6.61 Å². The maximum atomic E-state index is 12.0. The van der Waals surface area contributed by atoms with Crippen LogP contribution in [0.1, 0.15) is 28.4 Å². The second-order valence-electron chi connectivity index (χ2n) is 5.45. The third-order valence-electron chi connectivity index (χ3n) is 3.66. The third-order valence-corrected chi connectivity index (χ3v) is 3.66. The number of aryl methyl sites for hydroxylation is 1. The molecule has 0 atom stereocenters. The van der Waals surface area contributed by atoms with E-state index in [0.29, 0.717) is 23.7 Å². The molecule has 0 unspecified atom stereocenters. The quantitative estimate of drug-likeness (QED) is 0.791. The van der Waals surface area contributed by atoms with E-state index in [1.807, 2.05) is 32.9 Å². The molecule has 0 saturated carbocycles. The zero-order chi connectivity index (χ0) is 18.2. The lowest BCUT2D eigenvalue weighted by molar-refractivity contribution is -0.123. The number of rotatable bonds is 6. The van der Waals surface area contributed by atoms with E-state index in [1.54, 1.807) is 30.3 Å². The highest BCUT2D eigenvalue weighted by molar-refractivity contribution is 5.95. The second-order valence-corrected chi connectivity index (χ2v) is 5.45. The Kier molecular flexibility index (Phi) is 6.39. The van der Waals surface area contributed by atoms with Gasteiger partial charge in [-0.2, -0.15) is 0 Å². The highest BCUT2D eigenvalue weighted by Gasteiger charge is 2.09. The third kappa shape index (κ3) is 5.24. The summed E-state index contributed by atoms with van der Waals surface area (Å²) in [7, 11) is 0. The van der Waals surface area contributed by atoms with Crippen LogP contribution in [0.4, 0.5) is 0 Å². The van der Waals surface area contributed by atoms with Gasteiger partial charge in [0.15, 0.2) is 6.61 Å². The molecule has 2 amide bonds. The van der Waals surface area contributed by atoms with E-state index < -0.39 is 11.8 Å². The number of amides is 2. The molecule has 6 heteroatoms. The van der Waals surface area contributed by atoms with E-state index in [4.69, 9.17) is 9.47 Å². The summed E-state index contributed by atoms with van der Waals surface area (Å²) in [5.74, 6) is 0.473. The topological polar surface area (TPSA) is 76.7 Å². The van der Waals surface area contributed by atoms with E-state index >= 15 is 0 Å². The zero-order valence-corrected chi connectivity index (χ0v) is 14.6. The van der Waals surface area contributed by atoms with Crippen molar-refractivity contribution in [2.75, 3.05) is 13.2 Å². The Morgan fingerprint density at radius 1 is 0.960 bits per heavy atom. The Hall–Kier alpha value is -3.02. The normalized spacial score (nSPS) is 10.0. The van der Waals surface area contributed by atoms with Crippen molar-refractivity contribution < 1.29 is 19.1 Å². The summed E-state index contributed by atoms with van der Waals surface area (Å²) in [4.78, 5) is 23.8. The minimum absolute atomic E-state index is 0.187. The summed E-state index contributed by atoms with van der Waals surface area (Å²) in [6, 6.07) is 12.3. The van der Waals surface area contributed by atoms with Crippen molar-refractivity contribution in [2.45, 2.75) is 20.8 Å². The average Bonchev–Trinajstić information content (AvgIpc) is 2.62. The van der Waals surface area contributed by atoms with Gasteiger partial charge in [0.1, 0.15) is 11.5 Å². The van der Waals surface area contributed by atoms with Crippen molar-refractivity contribution in [2.24, 2.45) is 0 Å². The van der Waals surface area contributed by atoms with Gasteiger partial charge in [0, 0.05) is 5.56 Å². The molecule has 25 heavy (non-hydrogen) atoms. The number of nitrogens with one attached hydrogen (secondary N) is 2. The lowest BCUT2D eigenvalue weighted by atomic mass is 10.1. The molecular formula is C19H22N2O4. The van der Waals surface area contributed by atoms with Crippen LogP contribution in [-0.2, 0) is 4.79 Å².